The zero-order chi connectivity index (χ0) is 8.97. The van der Waals surface area contributed by atoms with Crippen LogP contribution in [0.25, 0.3) is 6.20 Å². The third kappa shape index (κ3) is 2.19. The summed E-state index contributed by atoms with van der Waals surface area (Å²) in [7, 11) is 0. The van der Waals surface area contributed by atoms with Crippen molar-refractivity contribution in [1.29, 1.82) is 0 Å². The summed E-state index contributed by atoms with van der Waals surface area (Å²) in [5, 5.41) is 13.9. The standard InChI is InChI=1S/C7H9N3O2/c1-2-9-6-7(5-8-9)3-4-10(11)12/h2,5-6H,1,3-4H2. The zero-order valence-corrected chi connectivity index (χ0v) is 6.51. The van der Waals surface area contributed by atoms with Crippen molar-refractivity contribution in [2.24, 2.45) is 0 Å². The van der Waals surface area contributed by atoms with Crippen molar-refractivity contribution >= 4 is 6.20 Å². The van der Waals surface area contributed by atoms with Gasteiger partial charge in [-0.15, -0.1) is 0 Å². The maximum absolute atomic E-state index is 10.0. The maximum atomic E-state index is 10.0. The van der Waals surface area contributed by atoms with E-state index in [9.17, 15) is 10.1 Å². The van der Waals surface area contributed by atoms with E-state index in [0.29, 0.717) is 6.42 Å². The summed E-state index contributed by atoms with van der Waals surface area (Å²) in [6.45, 7) is 3.45. The fourth-order valence-electron chi connectivity index (χ4n) is 0.827. The maximum Gasteiger partial charge on any atom is 0.208 e. The van der Waals surface area contributed by atoms with Gasteiger partial charge >= 0.3 is 0 Å². The molecule has 5 heteroatoms. The second kappa shape index (κ2) is 3.66. The van der Waals surface area contributed by atoms with Gasteiger partial charge in [-0.25, -0.2) is 4.68 Å². The van der Waals surface area contributed by atoms with E-state index in [1.807, 2.05) is 0 Å². The van der Waals surface area contributed by atoms with E-state index in [-0.39, 0.29) is 11.5 Å². The Labute approximate surface area is 69.5 Å². The minimum Gasteiger partial charge on any atom is -0.265 e. The molecule has 0 amide bonds. The van der Waals surface area contributed by atoms with Gasteiger partial charge in [-0.05, 0) is 5.56 Å². The highest BCUT2D eigenvalue weighted by molar-refractivity contribution is 5.17. The largest absolute Gasteiger partial charge is 0.265 e. The van der Waals surface area contributed by atoms with Crippen molar-refractivity contribution in [1.82, 2.24) is 9.78 Å². The van der Waals surface area contributed by atoms with Crippen LogP contribution in [0.1, 0.15) is 5.56 Å². The molecule has 1 rings (SSSR count). The quantitative estimate of drug-likeness (QED) is 0.492. The topological polar surface area (TPSA) is 61.0 Å². The van der Waals surface area contributed by atoms with Crippen LogP contribution in [0.5, 0.6) is 0 Å². The molecular weight excluding hydrogens is 158 g/mol. The van der Waals surface area contributed by atoms with Gasteiger partial charge in [0.15, 0.2) is 0 Å². The van der Waals surface area contributed by atoms with Gasteiger partial charge in [0.05, 0.1) is 6.20 Å². The number of rotatable bonds is 4. The van der Waals surface area contributed by atoms with Gasteiger partial charge in [0, 0.05) is 23.7 Å². The first-order valence-corrected chi connectivity index (χ1v) is 3.50. The van der Waals surface area contributed by atoms with Gasteiger partial charge in [0.2, 0.25) is 6.54 Å². The average molecular weight is 167 g/mol. The molecule has 1 heterocycles. The van der Waals surface area contributed by atoms with Gasteiger partial charge in [0.25, 0.3) is 0 Å². The molecular formula is C7H9N3O2. The van der Waals surface area contributed by atoms with Crippen molar-refractivity contribution in [2.75, 3.05) is 6.54 Å². The molecule has 0 saturated carbocycles. The van der Waals surface area contributed by atoms with Crippen molar-refractivity contribution in [2.45, 2.75) is 6.42 Å². The first kappa shape index (κ1) is 8.45. The van der Waals surface area contributed by atoms with Crippen molar-refractivity contribution in [3.05, 3.63) is 34.7 Å². The lowest BCUT2D eigenvalue weighted by atomic mass is 10.3. The number of nitro groups is 1. The van der Waals surface area contributed by atoms with E-state index in [2.05, 4.69) is 11.7 Å². The van der Waals surface area contributed by atoms with E-state index in [0.717, 1.165) is 5.56 Å². The Morgan fingerprint density at radius 3 is 3.08 bits per heavy atom. The second-order valence-corrected chi connectivity index (χ2v) is 2.32. The van der Waals surface area contributed by atoms with Crippen LogP contribution in [0.3, 0.4) is 0 Å². The minimum absolute atomic E-state index is 0.0527. The molecule has 5 nitrogen and oxygen atoms in total. The molecule has 0 fully saturated rings. The first-order valence-electron chi connectivity index (χ1n) is 3.50. The molecule has 1 aromatic heterocycles. The van der Waals surface area contributed by atoms with Crippen LogP contribution in [0, 0.1) is 10.1 Å². The van der Waals surface area contributed by atoms with Crippen LogP contribution < -0.4 is 0 Å². The monoisotopic (exact) mass is 167 g/mol. The van der Waals surface area contributed by atoms with E-state index in [1.54, 1.807) is 12.4 Å². The number of hydrogen-bond donors (Lipinski definition) is 0. The van der Waals surface area contributed by atoms with Crippen molar-refractivity contribution < 1.29 is 4.92 Å². The van der Waals surface area contributed by atoms with Crippen LogP contribution in [-0.4, -0.2) is 21.2 Å². The van der Waals surface area contributed by atoms with Crippen LogP contribution in [0.4, 0.5) is 0 Å². The summed E-state index contributed by atoms with van der Waals surface area (Å²) in [5.74, 6) is 0. The molecule has 0 radical (unpaired) electrons. The predicted octanol–water partition coefficient (Wildman–Crippen LogP) is 0.803. The normalized spacial score (nSPS) is 9.67. The van der Waals surface area contributed by atoms with Crippen LogP contribution in [-0.2, 0) is 6.42 Å². The van der Waals surface area contributed by atoms with E-state index < -0.39 is 0 Å². The van der Waals surface area contributed by atoms with Crippen LogP contribution >= 0.6 is 0 Å². The fraction of sp³-hybridized carbons (Fsp3) is 0.286. The van der Waals surface area contributed by atoms with E-state index in [1.165, 1.54) is 10.9 Å². The Bertz CT molecular complexity index is 293. The molecule has 0 atom stereocenters. The highest BCUT2D eigenvalue weighted by Crippen LogP contribution is 1.98. The fourth-order valence-corrected chi connectivity index (χ4v) is 0.827. The zero-order valence-electron chi connectivity index (χ0n) is 6.51. The lowest BCUT2D eigenvalue weighted by molar-refractivity contribution is -0.479. The summed E-state index contributed by atoms with van der Waals surface area (Å²) in [6.07, 6.45) is 5.28. The van der Waals surface area contributed by atoms with Gasteiger partial charge in [-0.2, -0.15) is 5.10 Å². The van der Waals surface area contributed by atoms with Gasteiger partial charge < -0.3 is 0 Å². The summed E-state index contributed by atoms with van der Waals surface area (Å²) in [4.78, 5) is 9.67. The molecule has 0 aromatic carbocycles. The molecule has 0 aliphatic carbocycles. The highest BCUT2D eigenvalue weighted by Gasteiger charge is 2.01. The molecule has 0 bridgehead atoms. The van der Waals surface area contributed by atoms with Gasteiger partial charge in [-0.1, -0.05) is 6.58 Å². The van der Waals surface area contributed by atoms with Crippen LogP contribution in [0.15, 0.2) is 19.0 Å². The Morgan fingerprint density at radius 1 is 1.83 bits per heavy atom. The molecule has 12 heavy (non-hydrogen) atoms. The lowest BCUT2D eigenvalue weighted by Crippen LogP contribution is -2.03. The summed E-state index contributed by atoms with van der Waals surface area (Å²) < 4.78 is 1.52. The highest BCUT2D eigenvalue weighted by atomic mass is 16.6. The van der Waals surface area contributed by atoms with Crippen molar-refractivity contribution in [3.63, 3.8) is 0 Å². The van der Waals surface area contributed by atoms with Crippen molar-refractivity contribution in [3.8, 4) is 0 Å². The number of hydrogen-bond acceptors (Lipinski definition) is 3. The molecule has 0 saturated heterocycles. The average Bonchev–Trinajstić information content (AvgIpc) is 2.48. The third-order valence-electron chi connectivity index (χ3n) is 1.43. The van der Waals surface area contributed by atoms with Gasteiger partial charge in [-0.3, -0.25) is 10.1 Å². The Balaban J connectivity index is 2.52. The lowest BCUT2D eigenvalue weighted by Gasteiger charge is -1.89. The minimum atomic E-state index is -0.342. The second-order valence-electron chi connectivity index (χ2n) is 2.32. The smallest absolute Gasteiger partial charge is 0.208 e. The summed E-state index contributed by atoms with van der Waals surface area (Å²) in [5.41, 5.74) is 0.853. The van der Waals surface area contributed by atoms with Crippen LogP contribution in [0.2, 0.25) is 0 Å². The van der Waals surface area contributed by atoms with E-state index >= 15 is 0 Å². The van der Waals surface area contributed by atoms with E-state index in [4.69, 9.17) is 0 Å². The number of aromatic nitrogens is 2. The predicted molar refractivity (Wildman–Crippen MR) is 44.2 cm³/mol. The number of nitrogens with zero attached hydrogens (tertiary/aromatic N) is 3. The molecule has 0 spiro atoms. The molecule has 0 unspecified atom stereocenters. The summed E-state index contributed by atoms with van der Waals surface area (Å²) >= 11 is 0. The first-order chi connectivity index (χ1) is 5.72. The molecule has 1 aromatic rings. The molecule has 64 valence electrons. The molecule has 0 N–H and O–H groups in total. The molecule has 0 aliphatic heterocycles. The van der Waals surface area contributed by atoms with Gasteiger partial charge in [0.1, 0.15) is 0 Å². The molecule has 0 aliphatic rings. The Hall–Kier alpha value is -1.65. The SMILES string of the molecule is C=Cn1cc(CC[N+](=O)[O-])cn1. The third-order valence-corrected chi connectivity index (χ3v) is 1.43. The summed E-state index contributed by atoms with van der Waals surface area (Å²) in [6, 6.07) is 0. The Morgan fingerprint density at radius 2 is 2.58 bits per heavy atom. The Kier molecular flexibility index (Phi) is 2.57.